The van der Waals surface area contributed by atoms with Crippen LogP contribution in [0.3, 0.4) is 0 Å². The van der Waals surface area contributed by atoms with Crippen molar-refractivity contribution in [3.63, 3.8) is 0 Å². The Kier molecular flexibility index (Phi) is 5.46. The summed E-state index contributed by atoms with van der Waals surface area (Å²) >= 11 is 0. The van der Waals surface area contributed by atoms with Gasteiger partial charge in [0.2, 0.25) is 5.91 Å². The van der Waals surface area contributed by atoms with Gasteiger partial charge in [-0.2, -0.15) is 5.10 Å². The van der Waals surface area contributed by atoms with E-state index in [9.17, 15) is 13.6 Å². The number of hydrogen-bond acceptors (Lipinski definition) is 2. The first-order chi connectivity index (χ1) is 12.0. The standard InChI is InChI=1S/C19H23F2N3O/c1-23(19(25)14-6-3-2-4-7-14)17-9-5-8-15(10-17)16-11-22-24(12-16)13-18(20)21/h5,8-12,14,18H,2-4,6-7,13H2,1H3. The summed E-state index contributed by atoms with van der Waals surface area (Å²) in [5.41, 5.74) is 2.44. The highest BCUT2D eigenvalue weighted by Crippen LogP contribution is 2.29. The number of carbonyl (C=O) groups excluding carboxylic acids is 1. The molecule has 134 valence electrons. The second-order valence-corrected chi connectivity index (χ2v) is 6.62. The van der Waals surface area contributed by atoms with E-state index < -0.39 is 13.0 Å². The summed E-state index contributed by atoms with van der Waals surface area (Å²) in [6.07, 6.45) is 6.12. The van der Waals surface area contributed by atoms with E-state index in [2.05, 4.69) is 5.10 Å². The van der Waals surface area contributed by atoms with Crippen LogP contribution in [0, 0.1) is 5.92 Å². The van der Waals surface area contributed by atoms with Crippen LogP contribution in [0.25, 0.3) is 11.1 Å². The van der Waals surface area contributed by atoms with Crippen LogP contribution in [0.1, 0.15) is 32.1 Å². The number of halogens is 2. The highest BCUT2D eigenvalue weighted by Gasteiger charge is 2.24. The lowest BCUT2D eigenvalue weighted by Crippen LogP contribution is -2.33. The van der Waals surface area contributed by atoms with Gasteiger partial charge in [0.1, 0.15) is 6.54 Å². The van der Waals surface area contributed by atoms with E-state index in [4.69, 9.17) is 0 Å². The molecule has 0 N–H and O–H groups in total. The van der Waals surface area contributed by atoms with E-state index in [0.29, 0.717) is 0 Å². The molecule has 1 aliphatic carbocycles. The van der Waals surface area contributed by atoms with Crippen LogP contribution < -0.4 is 4.90 Å². The van der Waals surface area contributed by atoms with Crippen molar-refractivity contribution in [1.29, 1.82) is 0 Å². The molecular weight excluding hydrogens is 324 g/mol. The van der Waals surface area contributed by atoms with Crippen LogP contribution in [-0.2, 0) is 11.3 Å². The first-order valence-corrected chi connectivity index (χ1v) is 8.73. The second kappa shape index (κ2) is 7.76. The van der Waals surface area contributed by atoms with Gasteiger partial charge in [-0.15, -0.1) is 0 Å². The van der Waals surface area contributed by atoms with Crippen LogP contribution >= 0.6 is 0 Å². The van der Waals surface area contributed by atoms with Crippen LogP contribution in [0.5, 0.6) is 0 Å². The summed E-state index contributed by atoms with van der Waals surface area (Å²) in [6.45, 7) is -0.417. The molecule has 0 saturated heterocycles. The molecule has 4 nitrogen and oxygen atoms in total. The van der Waals surface area contributed by atoms with Gasteiger partial charge in [-0.25, -0.2) is 8.78 Å². The van der Waals surface area contributed by atoms with Gasteiger partial charge in [0.25, 0.3) is 6.43 Å². The minimum atomic E-state index is -2.43. The molecule has 3 rings (SSSR count). The Morgan fingerprint density at radius 2 is 2.04 bits per heavy atom. The number of alkyl halides is 2. The molecule has 0 aliphatic heterocycles. The van der Waals surface area contributed by atoms with Gasteiger partial charge in [-0.1, -0.05) is 31.4 Å². The Morgan fingerprint density at radius 3 is 2.76 bits per heavy atom. The molecule has 0 unspecified atom stereocenters. The highest BCUT2D eigenvalue weighted by atomic mass is 19.3. The second-order valence-electron chi connectivity index (χ2n) is 6.62. The zero-order valence-electron chi connectivity index (χ0n) is 14.4. The Labute approximate surface area is 146 Å². The predicted octanol–water partition coefficient (Wildman–Crippen LogP) is 4.36. The average Bonchev–Trinajstić information content (AvgIpc) is 3.09. The van der Waals surface area contributed by atoms with E-state index in [1.165, 1.54) is 11.1 Å². The van der Waals surface area contributed by atoms with Gasteiger partial charge < -0.3 is 4.90 Å². The molecule has 1 fully saturated rings. The number of amides is 1. The van der Waals surface area contributed by atoms with Crippen molar-refractivity contribution in [1.82, 2.24) is 9.78 Å². The van der Waals surface area contributed by atoms with Gasteiger partial charge >= 0.3 is 0 Å². The smallest absolute Gasteiger partial charge is 0.257 e. The number of aromatic nitrogens is 2. The predicted molar refractivity (Wildman–Crippen MR) is 93.7 cm³/mol. The van der Waals surface area contributed by atoms with Gasteiger partial charge in [0, 0.05) is 30.4 Å². The lowest BCUT2D eigenvalue weighted by atomic mass is 9.88. The number of carbonyl (C=O) groups is 1. The fourth-order valence-corrected chi connectivity index (χ4v) is 3.40. The van der Waals surface area contributed by atoms with Crippen molar-refractivity contribution in [2.24, 2.45) is 5.92 Å². The molecule has 0 radical (unpaired) electrons. The molecule has 0 bridgehead atoms. The topological polar surface area (TPSA) is 38.1 Å². The van der Waals surface area contributed by atoms with Crippen molar-refractivity contribution in [2.45, 2.75) is 45.1 Å². The minimum absolute atomic E-state index is 0.108. The van der Waals surface area contributed by atoms with Crippen LogP contribution in [0.4, 0.5) is 14.5 Å². The minimum Gasteiger partial charge on any atom is -0.315 e. The number of nitrogens with zero attached hydrogens (tertiary/aromatic N) is 3. The van der Waals surface area contributed by atoms with Gasteiger partial charge in [-0.3, -0.25) is 9.48 Å². The monoisotopic (exact) mass is 347 g/mol. The Bertz CT molecular complexity index is 723. The van der Waals surface area contributed by atoms with Gasteiger partial charge in [-0.05, 0) is 30.5 Å². The maximum absolute atomic E-state index is 12.7. The SMILES string of the molecule is CN(C(=O)C1CCCCC1)c1cccc(-c2cnn(CC(F)F)c2)c1. The largest absolute Gasteiger partial charge is 0.315 e. The molecule has 6 heteroatoms. The molecule has 1 aromatic carbocycles. The molecule has 0 atom stereocenters. The fourth-order valence-electron chi connectivity index (χ4n) is 3.40. The first-order valence-electron chi connectivity index (χ1n) is 8.73. The third-order valence-corrected chi connectivity index (χ3v) is 4.81. The van der Waals surface area contributed by atoms with Crippen molar-refractivity contribution >= 4 is 11.6 Å². The Hall–Kier alpha value is -2.24. The number of hydrogen-bond donors (Lipinski definition) is 0. The average molecular weight is 347 g/mol. The molecule has 1 aromatic heterocycles. The summed E-state index contributed by atoms with van der Waals surface area (Å²) < 4.78 is 26.2. The number of rotatable bonds is 5. The molecule has 1 amide bonds. The zero-order valence-corrected chi connectivity index (χ0v) is 14.4. The molecule has 1 aliphatic rings. The molecule has 1 heterocycles. The van der Waals surface area contributed by atoms with Crippen molar-refractivity contribution < 1.29 is 13.6 Å². The Morgan fingerprint density at radius 1 is 1.28 bits per heavy atom. The van der Waals surface area contributed by atoms with Crippen LogP contribution in [0.15, 0.2) is 36.7 Å². The fraction of sp³-hybridized carbons (Fsp3) is 0.474. The zero-order chi connectivity index (χ0) is 17.8. The molecule has 0 spiro atoms. The normalized spacial score (nSPS) is 15.5. The maximum atomic E-state index is 12.7. The lowest BCUT2D eigenvalue weighted by Gasteiger charge is -2.26. The first kappa shape index (κ1) is 17.6. The van der Waals surface area contributed by atoms with Crippen molar-refractivity contribution in [2.75, 3.05) is 11.9 Å². The van der Waals surface area contributed by atoms with E-state index in [1.807, 2.05) is 24.3 Å². The molecule has 25 heavy (non-hydrogen) atoms. The van der Waals surface area contributed by atoms with E-state index >= 15 is 0 Å². The van der Waals surface area contributed by atoms with Crippen LogP contribution in [-0.4, -0.2) is 29.2 Å². The lowest BCUT2D eigenvalue weighted by molar-refractivity contribution is -0.123. The quantitative estimate of drug-likeness (QED) is 0.806. The summed E-state index contributed by atoms with van der Waals surface area (Å²) in [7, 11) is 1.80. The van der Waals surface area contributed by atoms with Crippen LogP contribution in [0.2, 0.25) is 0 Å². The summed E-state index contributed by atoms with van der Waals surface area (Å²) in [4.78, 5) is 14.4. The Balaban J connectivity index is 1.76. The molecular formula is C19H23F2N3O. The number of benzene rings is 1. The summed E-state index contributed by atoms with van der Waals surface area (Å²) in [5.74, 6) is 0.265. The third-order valence-electron chi connectivity index (χ3n) is 4.81. The maximum Gasteiger partial charge on any atom is 0.257 e. The van der Waals surface area contributed by atoms with E-state index in [1.54, 1.807) is 24.3 Å². The third kappa shape index (κ3) is 4.24. The summed E-state index contributed by atoms with van der Waals surface area (Å²) in [5, 5.41) is 3.97. The number of anilines is 1. The summed E-state index contributed by atoms with van der Waals surface area (Å²) in [6, 6.07) is 7.57. The van der Waals surface area contributed by atoms with Gasteiger partial charge in [0.15, 0.2) is 0 Å². The van der Waals surface area contributed by atoms with Crippen molar-refractivity contribution in [3.8, 4) is 11.1 Å². The van der Waals surface area contributed by atoms with E-state index in [0.717, 1.165) is 42.5 Å². The highest BCUT2D eigenvalue weighted by molar-refractivity contribution is 5.95. The van der Waals surface area contributed by atoms with Crippen molar-refractivity contribution in [3.05, 3.63) is 36.7 Å². The molecule has 2 aromatic rings. The van der Waals surface area contributed by atoms with Gasteiger partial charge in [0.05, 0.1) is 6.20 Å². The molecule has 1 saturated carbocycles. The van der Waals surface area contributed by atoms with E-state index in [-0.39, 0.29) is 11.8 Å².